The summed E-state index contributed by atoms with van der Waals surface area (Å²) in [5.41, 5.74) is 0.312. The van der Waals surface area contributed by atoms with E-state index in [0.717, 1.165) is 5.75 Å². The number of methoxy groups -OCH3 is 1. The number of carbonyl (C=O) groups is 1. The highest BCUT2D eigenvalue weighted by Crippen LogP contribution is 2.10. The third kappa shape index (κ3) is 4.19. The summed E-state index contributed by atoms with van der Waals surface area (Å²) in [4.78, 5) is 29.2. The van der Waals surface area contributed by atoms with Crippen LogP contribution in [0.25, 0.3) is 10.9 Å². The van der Waals surface area contributed by atoms with Crippen LogP contribution in [-0.4, -0.2) is 28.2 Å². The zero-order chi connectivity index (χ0) is 17.5. The molecule has 6 heteroatoms. The van der Waals surface area contributed by atoms with E-state index >= 15 is 0 Å². The molecule has 0 saturated carbocycles. The van der Waals surface area contributed by atoms with Gasteiger partial charge in [0.2, 0.25) is 0 Å². The van der Waals surface area contributed by atoms with Crippen molar-refractivity contribution >= 4 is 16.9 Å². The quantitative estimate of drug-likeness (QED) is 0.772. The van der Waals surface area contributed by atoms with Crippen molar-refractivity contribution in [3.05, 3.63) is 70.3 Å². The second-order valence-electron chi connectivity index (χ2n) is 4.92. The van der Waals surface area contributed by atoms with Gasteiger partial charge in [-0.15, -0.1) is 0 Å². The fourth-order valence-corrected chi connectivity index (χ4v) is 2.04. The number of aromatic nitrogens is 2. The number of rotatable bonds is 3. The molecule has 2 N–H and O–H groups in total. The molecule has 6 nitrogen and oxygen atoms in total. The molecule has 1 aromatic heterocycles. The van der Waals surface area contributed by atoms with Gasteiger partial charge in [-0.05, 0) is 30.3 Å². The summed E-state index contributed by atoms with van der Waals surface area (Å²) in [6.07, 6.45) is 0.600. The van der Waals surface area contributed by atoms with E-state index in [-0.39, 0.29) is 11.1 Å². The number of hydrogen-bond donors (Lipinski definition) is 2. The standard InChI is InChI=1S/C11H10N2O3.C7H8O/c1-2-9-12-8-5-6(11(15)16)3-4-7(8)10(14)13-9;1-8-7-5-3-2-4-6-7/h3-5H,2H2,1H3,(H,15,16)(H,12,13,14);2-6H,1H3. The van der Waals surface area contributed by atoms with Crippen LogP contribution in [0.15, 0.2) is 53.3 Å². The summed E-state index contributed by atoms with van der Waals surface area (Å²) in [6, 6.07) is 14.0. The van der Waals surface area contributed by atoms with Crippen LogP contribution in [0.2, 0.25) is 0 Å². The molecule has 24 heavy (non-hydrogen) atoms. The van der Waals surface area contributed by atoms with Crippen LogP contribution in [0.4, 0.5) is 0 Å². The molecule has 3 rings (SSSR count). The van der Waals surface area contributed by atoms with Crippen LogP contribution in [-0.2, 0) is 6.42 Å². The number of ether oxygens (including phenoxy) is 1. The van der Waals surface area contributed by atoms with Crippen LogP contribution in [0, 0.1) is 0 Å². The smallest absolute Gasteiger partial charge is 0.335 e. The minimum Gasteiger partial charge on any atom is -0.497 e. The summed E-state index contributed by atoms with van der Waals surface area (Å²) in [6.45, 7) is 1.87. The first-order valence-electron chi connectivity index (χ1n) is 7.40. The maximum Gasteiger partial charge on any atom is 0.335 e. The predicted molar refractivity (Wildman–Crippen MR) is 91.7 cm³/mol. The number of hydrogen-bond acceptors (Lipinski definition) is 4. The number of para-hydroxylation sites is 1. The fraction of sp³-hybridized carbons (Fsp3) is 0.167. The minimum atomic E-state index is -1.03. The molecule has 0 saturated heterocycles. The van der Waals surface area contributed by atoms with Gasteiger partial charge in [0.1, 0.15) is 11.6 Å². The molecule has 0 aliphatic rings. The summed E-state index contributed by atoms with van der Waals surface area (Å²) in [5, 5.41) is 9.23. The molecule has 124 valence electrons. The molecule has 0 radical (unpaired) electrons. The molecule has 0 bridgehead atoms. The van der Waals surface area contributed by atoms with Gasteiger partial charge in [0.05, 0.1) is 23.6 Å². The first-order chi connectivity index (χ1) is 11.5. The zero-order valence-electron chi connectivity index (χ0n) is 13.4. The topological polar surface area (TPSA) is 92.3 Å². The van der Waals surface area contributed by atoms with Crippen LogP contribution >= 0.6 is 0 Å². The Morgan fingerprint density at radius 2 is 1.92 bits per heavy atom. The third-order valence-electron chi connectivity index (χ3n) is 3.32. The molecular weight excluding hydrogens is 308 g/mol. The minimum absolute atomic E-state index is 0.132. The number of fused-ring (bicyclic) bond motifs is 1. The van der Waals surface area contributed by atoms with Crippen molar-refractivity contribution in [2.24, 2.45) is 0 Å². The van der Waals surface area contributed by atoms with Crippen molar-refractivity contribution in [2.75, 3.05) is 7.11 Å². The molecule has 2 aromatic carbocycles. The SMILES string of the molecule is CCc1nc2cc(C(=O)O)ccc2c(=O)[nH]1.COc1ccccc1. The Morgan fingerprint density at radius 1 is 1.21 bits per heavy atom. The van der Waals surface area contributed by atoms with Gasteiger partial charge in [-0.25, -0.2) is 9.78 Å². The van der Waals surface area contributed by atoms with Crippen LogP contribution in [0.5, 0.6) is 5.75 Å². The molecule has 3 aromatic rings. The van der Waals surface area contributed by atoms with Gasteiger partial charge in [0, 0.05) is 6.42 Å². The zero-order valence-corrected chi connectivity index (χ0v) is 13.4. The van der Waals surface area contributed by atoms with Crippen molar-refractivity contribution in [2.45, 2.75) is 13.3 Å². The van der Waals surface area contributed by atoms with E-state index in [4.69, 9.17) is 9.84 Å². The van der Waals surface area contributed by atoms with E-state index < -0.39 is 5.97 Å². The summed E-state index contributed by atoms with van der Waals surface area (Å²) >= 11 is 0. The highest BCUT2D eigenvalue weighted by atomic mass is 16.5. The van der Waals surface area contributed by atoms with Gasteiger partial charge in [-0.1, -0.05) is 25.1 Å². The van der Waals surface area contributed by atoms with Gasteiger partial charge in [-0.2, -0.15) is 0 Å². The number of carboxylic acid groups (broad SMARTS) is 1. The molecule has 0 atom stereocenters. The van der Waals surface area contributed by atoms with E-state index in [2.05, 4.69) is 9.97 Å². The molecule has 0 aliphatic heterocycles. The number of nitrogens with one attached hydrogen (secondary N) is 1. The van der Waals surface area contributed by atoms with E-state index in [9.17, 15) is 9.59 Å². The first-order valence-corrected chi connectivity index (χ1v) is 7.40. The van der Waals surface area contributed by atoms with Crippen molar-refractivity contribution in [3.8, 4) is 5.75 Å². The van der Waals surface area contributed by atoms with E-state index in [1.165, 1.54) is 18.2 Å². The van der Waals surface area contributed by atoms with Gasteiger partial charge < -0.3 is 14.8 Å². The van der Waals surface area contributed by atoms with Crippen molar-refractivity contribution < 1.29 is 14.6 Å². The lowest BCUT2D eigenvalue weighted by molar-refractivity contribution is 0.0697. The maximum atomic E-state index is 11.6. The highest BCUT2D eigenvalue weighted by molar-refractivity contribution is 5.92. The van der Waals surface area contributed by atoms with Crippen molar-refractivity contribution in [3.63, 3.8) is 0 Å². The maximum absolute atomic E-state index is 11.6. The first kappa shape index (κ1) is 17.2. The largest absolute Gasteiger partial charge is 0.497 e. The third-order valence-corrected chi connectivity index (χ3v) is 3.32. The lowest BCUT2D eigenvalue weighted by atomic mass is 10.1. The number of nitrogens with zero attached hydrogens (tertiary/aromatic N) is 1. The number of H-pyrrole nitrogens is 1. The molecule has 0 aliphatic carbocycles. The Kier molecular flexibility index (Phi) is 5.68. The monoisotopic (exact) mass is 326 g/mol. The van der Waals surface area contributed by atoms with Gasteiger partial charge in [0.25, 0.3) is 5.56 Å². The lowest BCUT2D eigenvalue weighted by Gasteiger charge is -2.01. The summed E-state index contributed by atoms with van der Waals surface area (Å²) in [5.74, 6) is 0.439. The second kappa shape index (κ2) is 7.92. The summed E-state index contributed by atoms with van der Waals surface area (Å²) < 4.78 is 4.91. The number of aromatic carboxylic acids is 1. The van der Waals surface area contributed by atoms with E-state index in [1.54, 1.807) is 7.11 Å². The second-order valence-corrected chi connectivity index (χ2v) is 4.92. The molecule has 0 fully saturated rings. The average Bonchev–Trinajstić information content (AvgIpc) is 2.62. The van der Waals surface area contributed by atoms with Gasteiger partial charge in [-0.3, -0.25) is 4.79 Å². The average molecular weight is 326 g/mol. The van der Waals surface area contributed by atoms with Crippen molar-refractivity contribution in [1.82, 2.24) is 9.97 Å². The van der Waals surface area contributed by atoms with E-state index in [0.29, 0.717) is 23.1 Å². The normalized spacial score (nSPS) is 9.92. The van der Waals surface area contributed by atoms with Gasteiger partial charge in [0.15, 0.2) is 0 Å². The fourth-order valence-electron chi connectivity index (χ4n) is 2.04. The summed E-state index contributed by atoms with van der Waals surface area (Å²) in [7, 11) is 1.66. The Balaban J connectivity index is 0.000000219. The Hall–Kier alpha value is -3.15. The Morgan fingerprint density at radius 3 is 2.46 bits per heavy atom. The number of benzene rings is 2. The van der Waals surface area contributed by atoms with Crippen LogP contribution in [0.1, 0.15) is 23.1 Å². The molecule has 0 spiro atoms. The predicted octanol–water partition coefficient (Wildman–Crippen LogP) is 2.88. The van der Waals surface area contributed by atoms with E-state index in [1.807, 2.05) is 37.3 Å². The molecule has 1 heterocycles. The Labute approximate surface area is 138 Å². The molecule has 0 amide bonds. The van der Waals surface area contributed by atoms with Crippen LogP contribution < -0.4 is 10.3 Å². The highest BCUT2D eigenvalue weighted by Gasteiger charge is 2.07. The molecular formula is C18H18N2O4. The number of carboxylic acids is 1. The van der Waals surface area contributed by atoms with Gasteiger partial charge >= 0.3 is 5.97 Å². The molecule has 0 unspecified atom stereocenters. The number of aryl methyl sites for hydroxylation is 1. The Bertz CT molecular complexity index is 888. The number of aromatic amines is 1. The van der Waals surface area contributed by atoms with Crippen molar-refractivity contribution in [1.29, 1.82) is 0 Å². The van der Waals surface area contributed by atoms with Crippen LogP contribution in [0.3, 0.4) is 0 Å². The lowest BCUT2D eigenvalue weighted by Crippen LogP contribution is -2.11.